The van der Waals surface area contributed by atoms with Crippen LogP contribution in [0.2, 0.25) is 0 Å². The van der Waals surface area contributed by atoms with Crippen molar-refractivity contribution >= 4 is 11.9 Å². The maximum Gasteiger partial charge on any atom is 0.306 e. The van der Waals surface area contributed by atoms with Crippen molar-refractivity contribution in [1.82, 2.24) is 4.90 Å². The average molecular weight is 241 g/mol. The minimum atomic E-state index is -0.822. The van der Waals surface area contributed by atoms with Gasteiger partial charge < -0.3 is 15.1 Å². The summed E-state index contributed by atoms with van der Waals surface area (Å²) < 4.78 is 0. The van der Waals surface area contributed by atoms with Crippen LogP contribution in [0, 0.1) is 11.8 Å². The van der Waals surface area contributed by atoms with Crippen LogP contribution in [0.5, 0.6) is 0 Å². The lowest BCUT2D eigenvalue weighted by Crippen LogP contribution is -2.37. The van der Waals surface area contributed by atoms with E-state index in [0.717, 1.165) is 0 Å². The highest BCUT2D eigenvalue weighted by Gasteiger charge is 2.35. The summed E-state index contributed by atoms with van der Waals surface area (Å²) in [5, 5.41) is 17.7. The molecule has 1 fully saturated rings. The molecule has 1 saturated carbocycles. The number of carbonyl (C=O) groups is 2. The van der Waals surface area contributed by atoms with Crippen LogP contribution in [0.3, 0.4) is 0 Å². The van der Waals surface area contributed by atoms with Crippen LogP contribution >= 0.6 is 0 Å². The first-order chi connectivity index (χ1) is 8.10. The Morgan fingerprint density at radius 2 is 2.00 bits per heavy atom. The van der Waals surface area contributed by atoms with Gasteiger partial charge in [0, 0.05) is 19.0 Å². The van der Waals surface area contributed by atoms with E-state index in [4.69, 9.17) is 10.2 Å². The van der Waals surface area contributed by atoms with Crippen LogP contribution < -0.4 is 0 Å². The molecule has 1 amide bonds. The molecule has 2 N–H and O–H groups in total. The highest BCUT2D eigenvalue weighted by atomic mass is 16.4. The molecule has 1 aliphatic rings. The first kappa shape index (κ1) is 13.7. The lowest BCUT2D eigenvalue weighted by Gasteiger charge is -2.23. The van der Waals surface area contributed by atoms with Crippen molar-refractivity contribution in [3.8, 4) is 0 Å². The summed E-state index contributed by atoms with van der Waals surface area (Å²) in [5.74, 6) is -1.51. The fraction of sp³-hybridized carbons (Fsp3) is 0.667. The Balaban J connectivity index is 2.56. The Morgan fingerprint density at radius 1 is 1.35 bits per heavy atom. The van der Waals surface area contributed by atoms with Gasteiger partial charge in [-0.2, -0.15) is 0 Å². The molecule has 1 rings (SSSR count). The summed E-state index contributed by atoms with van der Waals surface area (Å²) in [6, 6.07) is 0. The molecule has 5 nitrogen and oxygen atoms in total. The number of carboxylic acids is 1. The molecule has 0 heterocycles. The fourth-order valence-corrected chi connectivity index (χ4v) is 2.26. The Morgan fingerprint density at radius 3 is 2.47 bits per heavy atom. The predicted molar refractivity (Wildman–Crippen MR) is 62.3 cm³/mol. The van der Waals surface area contributed by atoms with Gasteiger partial charge in [-0.25, -0.2) is 0 Å². The molecule has 1 aliphatic carbocycles. The largest absolute Gasteiger partial charge is 0.481 e. The summed E-state index contributed by atoms with van der Waals surface area (Å²) in [6.07, 6.45) is 3.20. The van der Waals surface area contributed by atoms with E-state index in [1.807, 2.05) is 0 Å². The molecule has 17 heavy (non-hydrogen) atoms. The molecular weight excluding hydrogens is 222 g/mol. The quantitative estimate of drug-likeness (QED) is 0.664. The molecule has 96 valence electrons. The van der Waals surface area contributed by atoms with Gasteiger partial charge in [-0.05, 0) is 19.3 Å². The van der Waals surface area contributed by atoms with Gasteiger partial charge >= 0.3 is 5.97 Å². The van der Waals surface area contributed by atoms with E-state index in [9.17, 15) is 9.59 Å². The van der Waals surface area contributed by atoms with Gasteiger partial charge in [0.05, 0.1) is 12.5 Å². The van der Waals surface area contributed by atoms with Crippen LogP contribution in [0.25, 0.3) is 0 Å². The normalized spacial score (nSPS) is 23.4. The van der Waals surface area contributed by atoms with E-state index < -0.39 is 11.9 Å². The Kier molecular flexibility index (Phi) is 5.15. The standard InChI is InChI=1S/C12H19NO4/c1-2-5-13(6-7-14)11(15)9-3-4-10(8-9)12(16)17/h2,9-10,14H,1,3-8H2,(H,16,17). The van der Waals surface area contributed by atoms with Gasteiger partial charge in [0.2, 0.25) is 5.91 Å². The number of aliphatic hydroxyl groups is 1. The molecular formula is C12H19NO4. The van der Waals surface area contributed by atoms with Gasteiger partial charge in [-0.3, -0.25) is 9.59 Å². The van der Waals surface area contributed by atoms with Gasteiger partial charge in [0.15, 0.2) is 0 Å². The van der Waals surface area contributed by atoms with Crippen molar-refractivity contribution in [2.45, 2.75) is 19.3 Å². The van der Waals surface area contributed by atoms with E-state index in [1.54, 1.807) is 6.08 Å². The highest BCUT2D eigenvalue weighted by Crippen LogP contribution is 2.32. The fourth-order valence-electron chi connectivity index (χ4n) is 2.26. The van der Waals surface area contributed by atoms with Crippen molar-refractivity contribution in [1.29, 1.82) is 0 Å². The molecule has 2 unspecified atom stereocenters. The minimum Gasteiger partial charge on any atom is -0.481 e. The van der Waals surface area contributed by atoms with Gasteiger partial charge in [-0.1, -0.05) is 6.08 Å². The molecule has 0 aliphatic heterocycles. The van der Waals surface area contributed by atoms with Gasteiger partial charge in [0.25, 0.3) is 0 Å². The smallest absolute Gasteiger partial charge is 0.306 e. The third-order valence-corrected chi connectivity index (χ3v) is 3.16. The summed E-state index contributed by atoms with van der Waals surface area (Å²) in [4.78, 5) is 24.4. The maximum absolute atomic E-state index is 12.1. The van der Waals surface area contributed by atoms with E-state index in [1.165, 1.54) is 4.90 Å². The van der Waals surface area contributed by atoms with Crippen molar-refractivity contribution in [2.75, 3.05) is 19.7 Å². The Bertz CT molecular complexity index is 303. The zero-order chi connectivity index (χ0) is 12.8. The van der Waals surface area contributed by atoms with E-state index in [2.05, 4.69) is 6.58 Å². The monoisotopic (exact) mass is 241 g/mol. The topological polar surface area (TPSA) is 77.8 Å². The average Bonchev–Trinajstić information content (AvgIpc) is 2.77. The predicted octanol–water partition coefficient (Wildman–Crippen LogP) is 0.494. The van der Waals surface area contributed by atoms with Crippen molar-refractivity contribution in [3.63, 3.8) is 0 Å². The van der Waals surface area contributed by atoms with Gasteiger partial charge in [0.1, 0.15) is 0 Å². The number of aliphatic carboxylic acids is 1. The first-order valence-electron chi connectivity index (χ1n) is 5.83. The highest BCUT2D eigenvalue weighted by molar-refractivity contribution is 5.81. The number of amides is 1. The molecule has 0 saturated heterocycles. The number of aliphatic hydroxyl groups excluding tert-OH is 1. The summed E-state index contributed by atoms with van der Waals surface area (Å²) in [6.45, 7) is 4.15. The summed E-state index contributed by atoms with van der Waals surface area (Å²) in [7, 11) is 0. The lowest BCUT2D eigenvalue weighted by atomic mass is 10.0. The maximum atomic E-state index is 12.1. The van der Waals surface area contributed by atoms with E-state index in [-0.39, 0.29) is 25.0 Å². The van der Waals surface area contributed by atoms with E-state index in [0.29, 0.717) is 25.8 Å². The Hall–Kier alpha value is -1.36. The summed E-state index contributed by atoms with van der Waals surface area (Å²) in [5.41, 5.74) is 0. The van der Waals surface area contributed by atoms with Crippen molar-refractivity contribution in [3.05, 3.63) is 12.7 Å². The van der Waals surface area contributed by atoms with Crippen LogP contribution in [-0.4, -0.2) is 46.7 Å². The van der Waals surface area contributed by atoms with Crippen molar-refractivity contribution < 1.29 is 19.8 Å². The van der Waals surface area contributed by atoms with Crippen LogP contribution in [0.4, 0.5) is 0 Å². The third-order valence-electron chi connectivity index (χ3n) is 3.16. The third kappa shape index (κ3) is 3.56. The van der Waals surface area contributed by atoms with Gasteiger partial charge in [-0.15, -0.1) is 6.58 Å². The molecule has 0 radical (unpaired) electrons. The second-order valence-electron chi connectivity index (χ2n) is 4.34. The molecule has 0 aromatic carbocycles. The second kappa shape index (κ2) is 6.39. The molecule has 0 bridgehead atoms. The summed E-state index contributed by atoms with van der Waals surface area (Å²) >= 11 is 0. The number of carboxylic acid groups (broad SMARTS) is 1. The number of hydrogen-bond acceptors (Lipinski definition) is 3. The van der Waals surface area contributed by atoms with Crippen molar-refractivity contribution in [2.24, 2.45) is 11.8 Å². The van der Waals surface area contributed by atoms with Crippen LogP contribution in [0.15, 0.2) is 12.7 Å². The molecule has 5 heteroatoms. The number of nitrogens with zero attached hydrogens (tertiary/aromatic N) is 1. The zero-order valence-corrected chi connectivity index (χ0v) is 9.84. The van der Waals surface area contributed by atoms with Crippen LogP contribution in [0.1, 0.15) is 19.3 Å². The zero-order valence-electron chi connectivity index (χ0n) is 9.84. The molecule has 0 spiro atoms. The second-order valence-corrected chi connectivity index (χ2v) is 4.34. The lowest BCUT2D eigenvalue weighted by molar-refractivity contribution is -0.141. The number of hydrogen-bond donors (Lipinski definition) is 2. The Labute approximate surface area is 101 Å². The molecule has 0 aromatic rings. The van der Waals surface area contributed by atoms with Crippen LogP contribution in [-0.2, 0) is 9.59 Å². The van der Waals surface area contributed by atoms with E-state index >= 15 is 0 Å². The number of carbonyl (C=O) groups excluding carboxylic acids is 1. The molecule has 2 atom stereocenters. The first-order valence-corrected chi connectivity index (χ1v) is 5.83. The minimum absolute atomic E-state index is 0.0669. The molecule has 0 aromatic heterocycles. The SMILES string of the molecule is C=CCN(CCO)C(=O)C1CCC(C(=O)O)C1. The number of rotatable bonds is 6.